The van der Waals surface area contributed by atoms with Gasteiger partial charge >= 0.3 is 0 Å². The van der Waals surface area contributed by atoms with E-state index in [1.165, 1.54) is 17.7 Å². The monoisotopic (exact) mass is 599 g/mol. The van der Waals surface area contributed by atoms with Crippen LogP contribution in [0.5, 0.6) is 5.75 Å². The fourth-order valence-electron chi connectivity index (χ4n) is 3.89. The number of anilines is 1. The van der Waals surface area contributed by atoms with Crippen LogP contribution in [0.2, 0.25) is 0 Å². The van der Waals surface area contributed by atoms with Crippen molar-refractivity contribution in [3.8, 4) is 22.9 Å². The molecule has 0 bridgehead atoms. The van der Waals surface area contributed by atoms with E-state index in [1.807, 2.05) is 82.3 Å². The molecule has 0 aliphatic heterocycles. The van der Waals surface area contributed by atoms with Crippen LogP contribution in [0.25, 0.3) is 16.8 Å². The van der Waals surface area contributed by atoms with Gasteiger partial charge in [0, 0.05) is 37.4 Å². The van der Waals surface area contributed by atoms with Crippen LogP contribution in [0.4, 0.5) is 10.1 Å². The normalized spacial score (nSPS) is 9.73. The number of benzene rings is 4. The lowest BCUT2D eigenvalue weighted by Crippen LogP contribution is -2.18. The Labute approximate surface area is 262 Å². The van der Waals surface area contributed by atoms with Crippen molar-refractivity contribution in [3.63, 3.8) is 0 Å². The maximum absolute atomic E-state index is 13.9. The molecule has 0 spiro atoms. The van der Waals surface area contributed by atoms with Crippen molar-refractivity contribution >= 4 is 17.7 Å². The number of hydrogen-bond donors (Lipinski definition) is 4. The number of nitrogens with one attached hydrogen (secondary N) is 2. The van der Waals surface area contributed by atoms with Crippen molar-refractivity contribution in [2.45, 2.75) is 41.0 Å². The molecule has 4 N–H and O–H groups in total. The van der Waals surface area contributed by atoms with Gasteiger partial charge in [0.1, 0.15) is 17.9 Å². The Morgan fingerprint density at radius 1 is 0.886 bits per heavy atom. The van der Waals surface area contributed by atoms with E-state index in [-0.39, 0.29) is 12.3 Å². The number of allylic oxidation sites excluding steroid dienone is 1. The molecule has 0 aliphatic carbocycles. The molecule has 4 rings (SSSR count). The maximum Gasteiger partial charge on any atom is 0.139 e. The van der Waals surface area contributed by atoms with E-state index in [0.717, 1.165) is 23.8 Å². The summed E-state index contributed by atoms with van der Waals surface area (Å²) in [6.07, 6.45) is 0.979. The summed E-state index contributed by atoms with van der Waals surface area (Å²) in [4.78, 5) is 11.0. The number of phenols is 1. The van der Waals surface area contributed by atoms with Crippen molar-refractivity contribution in [2.24, 2.45) is 0 Å². The summed E-state index contributed by atoms with van der Waals surface area (Å²) in [5, 5.41) is 32.8. The molecule has 4 aromatic carbocycles. The first-order chi connectivity index (χ1) is 21.5. The summed E-state index contributed by atoms with van der Waals surface area (Å²) < 4.78 is 13.9. The number of nitrogens with zero attached hydrogens (tertiary/aromatic N) is 1. The average Bonchev–Trinajstić information content (AvgIpc) is 3.08. The second kappa shape index (κ2) is 23.6. The van der Waals surface area contributed by atoms with Crippen LogP contribution in [0.15, 0.2) is 103 Å². The number of aliphatic hydroxyl groups is 1. The minimum absolute atomic E-state index is 0.00754. The van der Waals surface area contributed by atoms with Gasteiger partial charge in [-0.3, -0.25) is 0 Å². The van der Waals surface area contributed by atoms with Crippen molar-refractivity contribution in [3.05, 3.63) is 125 Å². The van der Waals surface area contributed by atoms with Gasteiger partial charge in [-0.2, -0.15) is 5.26 Å². The van der Waals surface area contributed by atoms with E-state index < -0.39 is 5.82 Å². The molecule has 7 heteroatoms. The molecule has 0 amide bonds. The lowest BCUT2D eigenvalue weighted by molar-refractivity contribution is -0.107. The van der Waals surface area contributed by atoms with E-state index in [4.69, 9.17) is 5.11 Å². The molecule has 0 aliphatic rings. The van der Waals surface area contributed by atoms with Gasteiger partial charge in [-0.05, 0) is 42.3 Å². The SMILES string of the molecule is CC.CC.CNc1ccc(F)cc1/C(NCC=O)=C(/C#N)Cc1ccc(-c2ccccc2O)cc1.CO.Cc1ccccc1. The lowest BCUT2D eigenvalue weighted by atomic mass is 9.97. The summed E-state index contributed by atoms with van der Waals surface area (Å²) in [5.74, 6) is -0.248. The number of aromatic hydroxyl groups is 1. The molecule has 0 aromatic heterocycles. The number of aliphatic hydroxyl groups excluding tert-OH is 1. The highest BCUT2D eigenvalue weighted by Crippen LogP contribution is 2.30. The number of carbonyl (C=O) groups excluding carboxylic acids is 1. The molecular weight excluding hydrogens is 553 g/mol. The summed E-state index contributed by atoms with van der Waals surface area (Å²) in [6.45, 7) is 10.1. The number of carbonyl (C=O) groups is 1. The van der Waals surface area contributed by atoms with Crippen LogP contribution < -0.4 is 10.6 Å². The minimum atomic E-state index is -0.441. The highest BCUT2D eigenvalue weighted by molar-refractivity contribution is 5.80. The van der Waals surface area contributed by atoms with Gasteiger partial charge in [0.05, 0.1) is 23.9 Å². The largest absolute Gasteiger partial charge is 0.507 e. The summed E-state index contributed by atoms with van der Waals surface area (Å²) >= 11 is 0. The van der Waals surface area contributed by atoms with Crippen LogP contribution >= 0.6 is 0 Å². The summed E-state index contributed by atoms with van der Waals surface area (Å²) in [6, 6.07) is 31.3. The topological polar surface area (TPSA) is 105 Å². The van der Waals surface area contributed by atoms with E-state index in [9.17, 15) is 19.6 Å². The molecule has 0 saturated heterocycles. The Morgan fingerprint density at radius 2 is 1.48 bits per heavy atom. The summed E-state index contributed by atoms with van der Waals surface area (Å²) in [5.41, 5.74) is 5.65. The first-order valence-electron chi connectivity index (χ1n) is 14.6. The van der Waals surface area contributed by atoms with Crippen LogP contribution in [0.3, 0.4) is 0 Å². The number of aldehydes is 1. The number of halogens is 1. The number of rotatable bonds is 8. The van der Waals surface area contributed by atoms with Gasteiger partial charge in [-0.15, -0.1) is 0 Å². The standard InChI is InChI=1S/C25H22FN3O2.C7H8.2C2H6.CH4O/c1-28-23-11-10-20(26)15-22(23)25(29-12-13-30)19(16-27)14-17-6-8-18(9-7-17)21-4-2-3-5-24(21)31;1-7-5-3-2-4-6-7;3*1-2/h2-11,13,15,28-29,31H,12,14H2,1H3;2-6H,1H3;2*1-2H3;2H,1H3/b25-19-;;;;. The molecular formula is C37H46FN3O3. The second-order valence-corrected chi connectivity index (χ2v) is 8.50. The van der Waals surface area contributed by atoms with E-state index in [1.54, 1.807) is 25.2 Å². The van der Waals surface area contributed by atoms with Crippen molar-refractivity contribution in [2.75, 3.05) is 26.0 Å². The second-order valence-electron chi connectivity index (χ2n) is 8.50. The Bertz CT molecular complexity index is 1430. The van der Waals surface area contributed by atoms with Crippen LogP contribution in [-0.4, -0.2) is 37.2 Å². The first kappa shape index (κ1) is 39.1. The molecule has 0 heterocycles. The Balaban J connectivity index is 0.00000120. The quantitative estimate of drug-likeness (QED) is 0.120. The molecule has 0 unspecified atom stereocenters. The zero-order valence-corrected chi connectivity index (χ0v) is 26.9. The third-order valence-corrected chi connectivity index (χ3v) is 5.81. The molecule has 234 valence electrons. The average molecular weight is 600 g/mol. The summed E-state index contributed by atoms with van der Waals surface area (Å²) in [7, 11) is 2.71. The molecule has 0 radical (unpaired) electrons. The smallest absolute Gasteiger partial charge is 0.139 e. The van der Waals surface area contributed by atoms with Crippen molar-refractivity contribution in [1.29, 1.82) is 5.26 Å². The van der Waals surface area contributed by atoms with Crippen molar-refractivity contribution in [1.82, 2.24) is 5.32 Å². The predicted molar refractivity (Wildman–Crippen MR) is 182 cm³/mol. The highest BCUT2D eigenvalue weighted by atomic mass is 19.1. The van der Waals surface area contributed by atoms with Crippen LogP contribution in [0.1, 0.15) is 44.4 Å². The Morgan fingerprint density at radius 3 is 1.98 bits per heavy atom. The van der Waals surface area contributed by atoms with E-state index in [0.29, 0.717) is 35.2 Å². The fourth-order valence-corrected chi connectivity index (χ4v) is 3.89. The lowest BCUT2D eigenvalue weighted by Gasteiger charge is -2.16. The van der Waals surface area contributed by atoms with E-state index >= 15 is 0 Å². The highest BCUT2D eigenvalue weighted by Gasteiger charge is 2.15. The Kier molecular flexibility index (Phi) is 21.0. The fraction of sp³-hybridized carbons (Fsp3) is 0.243. The molecule has 0 atom stereocenters. The third kappa shape index (κ3) is 12.9. The van der Waals surface area contributed by atoms with E-state index in [2.05, 4.69) is 35.8 Å². The minimum Gasteiger partial charge on any atom is -0.507 e. The predicted octanol–water partition coefficient (Wildman–Crippen LogP) is 8.16. The van der Waals surface area contributed by atoms with Crippen molar-refractivity contribution < 1.29 is 19.4 Å². The van der Waals surface area contributed by atoms with Crippen LogP contribution in [-0.2, 0) is 11.2 Å². The number of nitriles is 1. The number of phenolic OH excluding ortho intramolecular Hbond substituents is 1. The maximum atomic E-state index is 13.9. The molecule has 0 saturated carbocycles. The Hall–Kier alpha value is -4.93. The molecule has 6 nitrogen and oxygen atoms in total. The first-order valence-corrected chi connectivity index (χ1v) is 14.6. The zero-order valence-electron chi connectivity index (χ0n) is 26.9. The number of hydrogen-bond acceptors (Lipinski definition) is 6. The molecule has 4 aromatic rings. The van der Waals surface area contributed by atoms with Gasteiger partial charge in [-0.1, -0.05) is 106 Å². The van der Waals surface area contributed by atoms with Gasteiger partial charge in [0.15, 0.2) is 0 Å². The molecule has 0 fully saturated rings. The van der Waals surface area contributed by atoms with Gasteiger partial charge in [0.2, 0.25) is 0 Å². The third-order valence-electron chi connectivity index (χ3n) is 5.81. The van der Waals surface area contributed by atoms with Gasteiger partial charge in [-0.25, -0.2) is 4.39 Å². The molecule has 44 heavy (non-hydrogen) atoms. The van der Waals surface area contributed by atoms with Gasteiger partial charge in [0.25, 0.3) is 0 Å². The van der Waals surface area contributed by atoms with Crippen LogP contribution in [0, 0.1) is 24.1 Å². The zero-order chi connectivity index (χ0) is 33.3. The number of para-hydroxylation sites is 1. The van der Waals surface area contributed by atoms with Gasteiger partial charge < -0.3 is 25.6 Å². The number of aryl methyl sites for hydroxylation is 1.